The number of thiazole rings is 1. The number of nitrogens with one attached hydrogen (secondary N) is 1. The van der Waals surface area contributed by atoms with E-state index in [1.807, 2.05) is 11.3 Å². The molecule has 2 aliphatic heterocycles. The second-order valence-corrected chi connectivity index (χ2v) is 8.06. The number of aryl methyl sites for hydroxylation is 1. The van der Waals surface area contributed by atoms with Crippen molar-refractivity contribution in [3.05, 3.63) is 71.0 Å². The summed E-state index contributed by atoms with van der Waals surface area (Å²) in [5, 5.41) is 9.48. The topological polar surface area (TPSA) is 22.4 Å². The van der Waals surface area contributed by atoms with Gasteiger partial charge in [-0.15, -0.1) is 0 Å². The Bertz CT molecular complexity index is 1090. The van der Waals surface area contributed by atoms with Gasteiger partial charge in [-0.3, -0.25) is 5.01 Å². The van der Waals surface area contributed by atoms with Crippen LogP contribution in [0.4, 0.5) is 11.4 Å². The van der Waals surface area contributed by atoms with Crippen LogP contribution >= 0.6 is 11.3 Å². The summed E-state index contributed by atoms with van der Waals surface area (Å²) in [6, 6.07) is 17.4. The lowest BCUT2D eigenvalue weighted by Gasteiger charge is -2.27. The van der Waals surface area contributed by atoms with Gasteiger partial charge in [0.05, 0.1) is 17.4 Å². The van der Waals surface area contributed by atoms with E-state index in [1.165, 1.54) is 38.0 Å². The largest absolute Gasteiger partial charge is 0.339 e. The van der Waals surface area contributed by atoms with Crippen LogP contribution in [0.25, 0.3) is 16.3 Å². The SMILES string of the molecule is CC[n+]1c(C=CC2=C3Nc4ccccc4N3N(C)C2C)sc2ccccc21. The van der Waals surface area contributed by atoms with E-state index in [2.05, 4.69) is 101 Å². The number of anilines is 2. The summed E-state index contributed by atoms with van der Waals surface area (Å²) in [4.78, 5) is 0. The third-order valence-corrected chi connectivity index (χ3v) is 6.69. The van der Waals surface area contributed by atoms with Crippen LogP contribution in [0.3, 0.4) is 0 Å². The van der Waals surface area contributed by atoms with Gasteiger partial charge in [-0.25, -0.2) is 5.01 Å². The highest BCUT2D eigenvalue weighted by Gasteiger charge is 2.38. The van der Waals surface area contributed by atoms with Crippen molar-refractivity contribution in [1.82, 2.24) is 5.01 Å². The predicted octanol–water partition coefficient (Wildman–Crippen LogP) is 4.61. The van der Waals surface area contributed by atoms with Crippen molar-refractivity contribution >= 4 is 39.0 Å². The standard InChI is InChI=1S/C22H22N4S/c1-4-25-19-11-7-8-12-20(19)27-21(25)14-13-16-15(2)24(3)26-18-10-6-5-9-17(18)23-22(16)26/h5-15H,4H2,1-3H3/p+1. The fraction of sp³-hybridized carbons (Fsp3) is 0.227. The zero-order chi connectivity index (χ0) is 18.5. The molecule has 0 saturated carbocycles. The molecule has 5 rings (SSSR count). The molecule has 2 aromatic carbocycles. The third-order valence-electron chi connectivity index (χ3n) is 5.55. The number of benzene rings is 2. The Balaban J connectivity index is 1.57. The van der Waals surface area contributed by atoms with E-state index in [4.69, 9.17) is 0 Å². The molecule has 0 radical (unpaired) electrons. The van der Waals surface area contributed by atoms with Crippen LogP contribution in [0.5, 0.6) is 0 Å². The lowest BCUT2D eigenvalue weighted by Crippen LogP contribution is -2.37. The first kappa shape index (κ1) is 16.5. The minimum atomic E-state index is 0.321. The van der Waals surface area contributed by atoms with E-state index < -0.39 is 0 Å². The highest BCUT2D eigenvalue weighted by atomic mass is 32.1. The first-order chi connectivity index (χ1) is 13.2. The molecule has 3 aromatic rings. The molecule has 3 heterocycles. The molecule has 5 heteroatoms. The second kappa shape index (κ2) is 6.22. The van der Waals surface area contributed by atoms with Gasteiger partial charge in [0.15, 0.2) is 0 Å². The van der Waals surface area contributed by atoms with E-state index in [0.29, 0.717) is 6.04 Å². The van der Waals surface area contributed by atoms with Gasteiger partial charge in [0.25, 0.3) is 5.01 Å². The fourth-order valence-electron chi connectivity index (χ4n) is 4.04. The lowest BCUT2D eigenvalue weighted by molar-refractivity contribution is -0.665. The number of hydrogen-bond donors (Lipinski definition) is 1. The highest BCUT2D eigenvalue weighted by molar-refractivity contribution is 7.18. The number of aromatic nitrogens is 1. The van der Waals surface area contributed by atoms with Crippen molar-refractivity contribution in [2.45, 2.75) is 26.4 Å². The van der Waals surface area contributed by atoms with Crippen LogP contribution in [-0.4, -0.2) is 18.1 Å². The number of nitrogens with zero attached hydrogens (tertiary/aromatic N) is 3. The van der Waals surface area contributed by atoms with Crippen LogP contribution < -0.4 is 14.9 Å². The van der Waals surface area contributed by atoms with Gasteiger partial charge in [-0.1, -0.05) is 35.6 Å². The van der Waals surface area contributed by atoms with Crippen molar-refractivity contribution in [1.29, 1.82) is 0 Å². The molecule has 136 valence electrons. The van der Waals surface area contributed by atoms with Crippen molar-refractivity contribution in [3.63, 3.8) is 0 Å². The molecular weight excluding hydrogens is 352 g/mol. The number of hydrazine groups is 1. The molecule has 4 nitrogen and oxygen atoms in total. The summed E-state index contributed by atoms with van der Waals surface area (Å²) in [5.41, 5.74) is 5.01. The number of fused-ring (bicyclic) bond motifs is 4. The monoisotopic (exact) mass is 375 g/mol. The van der Waals surface area contributed by atoms with Gasteiger partial charge >= 0.3 is 0 Å². The molecule has 2 aliphatic rings. The Morgan fingerprint density at radius 1 is 1.11 bits per heavy atom. The molecule has 27 heavy (non-hydrogen) atoms. The molecule has 1 aromatic heterocycles. The molecule has 0 amide bonds. The Hall–Kier alpha value is -2.63. The van der Waals surface area contributed by atoms with Crippen LogP contribution in [0, 0.1) is 0 Å². The molecule has 0 spiro atoms. The zero-order valence-electron chi connectivity index (χ0n) is 15.8. The van der Waals surface area contributed by atoms with E-state index >= 15 is 0 Å². The van der Waals surface area contributed by atoms with Crippen molar-refractivity contribution in [2.24, 2.45) is 0 Å². The fourth-order valence-corrected chi connectivity index (χ4v) is 5.17. The summed E-state index contributed by atoms with van der Waals surface area (Å²) >= 11 is 1.85. The Kier molecular flexibility index (Phi) is 3.81. The average Bonchev–Trinajstić information content (AvgIpc) is 3.31. The quantitative estimate of drug-likeness (QED) is 0.676. The van der Waals surface area contributed by atoms with E-state index in [-0.39, 0.29) is 0 Å². The maximum absolute atomic E-state index is 3.61. The smallest absolute Gasteiger partial charge is 0.262 e. The van der Waals surface area contributed by atoms with Gasteiger partial charge in [-0.05, 0) is 38.1 Å². The summed E-state index contributed by atoms with van der Waals surface area (Å²) < 4.78 is 3.72. The Labute approximate surface area is 163 Å². The van der Waals surface area contributed by atoms with Crippen LogP contribution in [-0.2, 0) is 6.54 Å². The normalized spacial score (nSPS) is 19.2. The van der Waals surface area contributed by atoms with Crippen molar-refractivity contribution in [3.8, 4) is 0 Å². The lowest BCUT2D eigenvalue weighted by atomic mass is 10.1. The summed E-state index contributed by atoms with van der Waals surface area (Å²) in [5.74, 6) is 1.17. The van der Waals surface area contributed by atoms with E-state index in [0.717, 1.165) is 6.54 Å². The Morgan fingerprint density at radius 2 is 1.89 bits per heavy atom. The molecule has 0 bridgehead atoms. The molecule has 0 fully saturated rings. The van der Waals surface area contributed by atoms with Gasteiger partial charge in [0.2, 0.25) is 5.52 Å². The average molecular weight is 376 g/mol. The number of rotatable bonds is 3. The highest BCUT2D eigenvalue weighted by Crippen LogP contribution is 2.43. The van der Waals surface area contributed by atoms with Crippen molar-refractivity contribution < 1.29 is 4.57 Å². The molecule has 0 aliphatic carbocycles. The minimum absolute atomic E-state index is 0.321. The zero-order valence-corrected chi connectivity index (χ0v) is 16.6. The van der Waals surface area contributed by atoms with E-state index in [9.17, 15) is 0 Å². The number of para-hydroxylation sites is 3. The summed E-state index contributed by atoms with van der Waals surface area (Å²) in [6.07, 6.45) is 4.56. The first-order valence-electron chi connectivity index (χ1n) is 9.41. The molecule has 0 saturated heterocycles. The number of hydrogen-bond acceptors (Lipinski definition) is 4. The van der Waals surface area contributed by atoms with Gasteiger partial charge in [0.1, 0.15) is 17.1 Å². The maximum atomic E-state index is 3.61. The summed E-state index contributed by atoms with van der Waals surface area (Å²) in [6.45, 7) is 5.44. The van der Waals surface area contributed by atoms with Gasteiger partial charge < -0.3 is 5.32 Å². The van der Waals surface area contributed by atoms with Gasteiger partial charge in [-0.2, -0.15) is 4.57 Å². The molecule has 1 unspecified atom stereocenters. The summed E-state index contributed by atoms with van der Waals surface area (Å²) in [7, 11) is 2.15. The third kappa shape index (κ3) is 2.42. The first-order valence-corrected chi connectivity index (χ1v) is 10.2. The molecule has 1 N–H and O–H groups in total. The van der Waals surface area contributed by atoms with E-state index in [1.54, 1.807) is 0 Å². The number of likely N-dealkylation sites (N-methyl/N-ethyl adjacent to an activating group) is 1. The molecular formula is C22H23N4S+. The molecule has 1 atom stereocenters. The maximum Gasteiger partial charge on any atom is 0.262 e. The van der Waals surface area contributed by atoms with Crippen molar-refractivity contribution in [2.75, 3.05) is 17.4 Å². The van der Waals surface area contributed by atoms with Crippen LogP contribution in [0.1, 0.15) is 18.9 Å². The predicted molar refractivity (Wildman–Crippen MR) is 114 cm³/mol. The van der Waals surface area contributed by atoms with Gasteiger partial charge in [0, 0.05) is 24.8 Å². The minimum Gasteiger partial charge on any atom is -0.339 e. The Morgan fingerprint density at radius 3 is 2.74 bits per heavy atom. The van der Waals surface area contributed by atoms with Crippen LogP contribution in [0.2, 0.25) is 0 Å². The van der Waals surface area contributed by atoms with Crippen LogP contribution in [0.15, 0.2) is 66.0 Å². The second-order valence-electron chi connectivity index (χ2n) is 6.99.